The lowest BCUT2D eigenvalue weighted by atomic mass is 10.0. The molecule has 1 atom stereocenters. The van der Waals surface area contributed by atoms with E-state index in [9.17, 15) is 14.4 Å². The Morgan fingerprint density at radius 1 is 0.750 bits per heavy atom. The first-order valence-corrected chi connectivity index (χ1v) is 10.5. The third kappa shape index (κ3) is 6.54. The van der Waals surface area contributed by atoms with E-state index in [1.165, 1.54) is 11.8 Å². The van der Waals surface area contributed by atoms with Crippen LogP contribution < -0.4 is 10.6 Å². The lowest BCUT2D eigenvalue weighted by Crippen LogP contribution is -2.53. The Hall–Kier alpha value is -3.93. The summed E-state index contributed by atoms with van der Waals surface area (Å²) in [4.78, 5) is 39.5. The minimum absolute atomic E-state index is 0.0701. The fraction of sp³-hybridized carbons (Fsp3) is 0.192. The molecule has 2 N–H and O–H groups in total. The van der Waals surface area contributed by atoms with Gasteiger partial charge in [0.1, 0.15) is 6.04 Å². The molecule has 0 aliphatic carbocycles. The highest BCUT2D eigenvalue weighted by Crippen LogP contribution is 2.11. The molecule has 0 spiro atoms. The van der Waals surface area contributed by atoms with Crippen LogP contribution >= 0.6 is 0 Å². The normalized spacial score (nSPS) is 11.3. The largest absolute Gasteiger partial charge is 0.350 e. The molecule has 0 unspecified atom stereocenters. The Labute approximate surface area is 188 Å². The highest BCUT2D eigenvalue weighted by molar-refractivity contribution is 5.94. The molecule has 0 saturated heterocycles. The Bertz CT molecular complexity index is 1020. The van der Waals surface area contributed by atoms with Crippen LogP contribution in [0.1, 0.15) is 28.4 Å². The number of rotatable bonds is 9. The van der Waals surface area contributed by atoms with Crippen molar-refractivity contribution in [2.75, 3.05) is 6.67 Å². The van der Waals surface area contributed by atoms with Crippen LogP contribution in [0.15, 0.2) is 91.0 Å². The van der Waals surface area contributed by atoms with Gasteiger partial charge in [-0.2, -0.15) is 0 Å². The lowest BCUT2D eigenvalue weighted by molar-refractivity contribution is -0.139. The number of amides is 3. The van der Waals surface area contributed by atoms with Crippen molar-refractivity contribution in [1.29, 1.82) is 0 Å². The molecule has 3 rings (SSSR count). The summed E-state index contributed by atoms with van der Waals surface area (Å²) in [5, 5.41) is 5.69. The summed E-state index contributed by atoms with van der Waals surface area (Å²) in [5.74, 6) is -0.879. The van der Waals surface area contributed by atoms with E-state index >= 15 is 0 Å². The van der Waals surface area contributed by atoms with Crippen molar-refractivity contribution in [1.82, 2.24) is 15.5 Å². The van der Waals surface area contributed by atoms with Gasteiger partial charge < -0.3 is 15.5 Å². The van der Waals surface area contributed by atoms with Gasteiger partial charge in [-0.25, -0.2) is 0 Å². The molecule has 3 amide bonds. The Morgan fingerprint density at radius 2 is 1.28 bits per heavy atom. The van der Waals surface area contributed by atoms with Gasteiger partial charge in [-0.05, 0) is 23.3 Å². The van der Waals surface area contributed by atoms with Crippen LogP contribution in [0.4, 0.5) is 0 Å². The van der Waals surface area contributed by atoms with Crippen LogP contribution in [0.2, 0.25) is 0 Å². The fourth-order valence-electron chi connectivity index (χ4n) is 3.37. The van der Waals surface area contributed by atoms with Gasteiger partial charge in [0.15, 0.2) is 0 Å². The molecule has 0 aliphatic heterocycles. The standard InChI is InChI=1S/C26H27N3O3/c1-20(30)29(19-28-25(31)23-15-9-4-10-16-23)24(17-21-11-5-2-6-12-21)26(32)27-18-22-13-7-3-8-14-22/h2-16,24H,17-19H2,1H3,(H,27,32)(H,28,31)/t24-/m0/s1. The quantitative estimate of drug-likeness (QED) is 0.513. The van der Waals surface area contributed by atoms with Crippen LogP contribution in [-0.2, 0) is 22.6 Å². The molecule has 164 valence electrons. The predicted molar refractivity (Wildman–Crippen MR) is 124 cm³/mol. The van der Waals surface area contributed by atoms with Crippen molar-refractivity contribution in [2.24, 2.45) is 0 Å². The van der Waals surface area contributed by atoms with E-state index in [1.54, 1.807) is 24.3 Å². The SMILES string of the molecule is CC(=O)N(CNC(=O)c1ccccc1)[C@@H](Cc1ccccc1)C(=O)NCc1ccccc1. The number of hydrogen-bond acceptors (Lipinski definition) is 3. The summed E-state index contributed by atoms with van der Waals surface area (Å²) in [6.07, 6.45) is 0.336. The summed E-state index contributed by atoms with van der Waals surface area (Å²) in [6, 6.07) is 27.1. The van der Waals surface area contributed by atoms with Crippen molar-refractivity contribution >= 4 is 17.7 Å². The number of carbonyl (C=O) groups is 3. The zero-order valence-corrected chi connectivity index (χ0v) is 18.0. The van der Waals surface area contributed by atoms with Gasteiger partial charge in [0.25, 0.3) is 5.91 Å². The summed E-state index contributed by atoms with van der Waals surface area (Å²) >= 11 is 0. The van der Waals surface area contributed by atoms with Gasteiger partial charge >= 0.3 is 0 Å². The molecule has 0 aliphatic rings. The minimum atomic E-state index is -0.769. The zero-order chi connectivity index (χ0) is 22.8. The second-order valence-corrected chi connectivity index (χ2v) is 7.43. The number of nitrogens with one attached hydrogen (secondary N) is 2. The van der Waals surface area contributed by atoms with Crippen LogP contribution in [0, 0.1) is 0 Å². The Kier molecular flexibility index (Phi) is 8.15. The van der Waals surface area contributed by atoms with Crippen LogP contribution in [0.5, 0.6) is 0 Å². The molecule has 0 aromatic heterocycles. The number of benzene rings is 3. The first-order valence-electron chi connectivity index (χ1n) is 10.5. The third-order valence-corrected chi connectivity index (χ3v) is 5.11. The highest BCUT2D eigenvalue weighted by Gasteiger charge is 2.28. The van der Waals surface area contributed by atoms with Crippen molar-refractivity contribution in [3.63, 3.8) is 0 Å². The van der Waals surface area contributed by atoms with Gasteiger partial charge in [0, 0.05) is 25.5 Å². The average molecular weight is 430 g/mol. The Morgan fingerprint density at radius 3 is 1.84 bits per heavy atom. The molecule has 0 saturated carbocycles. The van der Waals surface area contributed by atoms with Gasteiger partial charge in [-0.15, -0.1) is 0 Å². The topological polar surface area (TPSA) is 78.5 Å². The first-order chi connectivity index (χ1) is 15.5. The average Bonchev–Trinajstić information content (AvgIpc) is 2.83. The molecular formula is C26H27N3O3. The second kappa shape index (κ2) is 11.5. The molecule has 6 heteroatoms. The van der Waals surface area contributed by atoms with Gasteiger partial charge in [0.2, 0.25) is 11.8 Å². The van der Waals surface area contributed by atoms with E-state index in [1.807, 2.05) is 66.7 Å². The molecule has 3 aromatic carbocycles. The van der Waals surface area contributed by atoms with Crippen molar-refractivity contribution < 1.29 is 14.4 Å². The molecule has 0 heterocycles. The van der Waals surface area contributed by atoms with Gasteiger partial charge in [-0.3, -0.25) is 14.4 Å². The van der Waals surface area contributed by atoms with E-state index in [2.05, 4.69) is 10.6 Å². The van der Waals surface area contributed by atoms with E-state index in [-0.39, 0.29) is 24.4 Å². The zero-order valence-electron chi connectivity index (χ0n) is 18.0. The molecule has 6 nitrogen and oxygen atoms in total. The molecule has 32 heavy (non-hydrogen) atoms. The van der Waals surface area contributed by atoms with E-state index in [0.717, 1.165) is 11.1 Å². The third-order valence-electron chi connectivity index (χ3n) is 5.11. The monoisotopic (exact) mass is 429 g/mol. The number of carbonyl (C=O) groups excluding carboxylic acids is 3. The maximum Gasteiger partial charge on any atom is 0.252 e. The molecule has 0 radical (unpaired) electrons. The van der Waals surface area contributed by atoms with Crippen LogP contribution in [-0.4, -0.2) is 35.3 Å². The minimum Gasteiger partial charge on any atom is -0.350 e. The molecule has 0 fully saturated rings. The maximum absolute atomic E-state index is 13.2. The predicted octanol–water partition coefficient (Wildman–Crippen LogP) is 3.15. The van der Waals surface area contributed by atoms with Crippen molar-refractivity contribution in [3.8, 4) is 0 Å². The first kappa shape index (κ1) is 22.7. The van der Waals surface area contributed by atoms with E-state index in [0.29, 0.717) is 18.5 Å². The summed E-state index contributed by atoms with van der Waals surface area (Å²) in [6.45, 7) is 1.68. The summed E-state index contributed by atoms with van der Waals surface area (Å²) in [7, 11) is 0. The van der Waals surface area contributed by atoms with E-state index < -0.39 is 6.04 Å². The number of nitrogens with zero attached hydrogens (tertiary/aromatic N) is 1. The van der Waals surface area contributed by atoms with Crippen molar-refractivity contribution in [2.45, 2.75) is 25.9 Å². The van der Waals surface area contributed by atoms with Crippen LogP contribution in [0.3, 0.4) is 0 Å². The molecular weight excluding hydrogens is 402 g/mol. The van der Waals surface area contributed by atoms with E-state index in [4.69, 9.17) is 0 Å². The number of hydrogen-bond donors (Lipinski definition) is 2. The highest BCUT2D eigenvalue weighted by atomic mass is 16.2. The summed E-state index contributed by atoms with van der Waals surface area (Å²) in [5.41, 5.74) is 2.38. The summed E-state index contributed by atoms with van der Waals surface area (Å²) < 4.78 is 0. The van der Waals surface area contributed by atoms with Crippen LogP contribution in [0.25, 0.3) is 0 Å². The van der Waals surface area contributed by atoms with Gasteiger partial charge in [-0.1, -0.05) is 78.9 Å². The molecule has 0 bridgehead atoms. The smallest absolute Gasteiger partial charge is 0.252 e. The molecule has 3 aromatic rings. The fourth-order valence-corrected chi connectivity index (χ4v) is 3.37. The Balaban J connectivity index is 1.75. The lowest BCUT2D eigenvalue weighted by Gasteiger charge is -2.30. The van der Waals surface area contributed by atoms with Gasteiger partial charge in [0.05, 0.1) is 6.67 Å². The second-order valence-electron chi connectivity index (χ2n) is 7.43. The van der Waals surface area contributed by atoms with Crippen molar-refractivity contribution in [3.05, 3.63) is 108 Å². The maximum atomic E-state index is 13.2.